The highest BCUT2D eigenvalue weighted by Crippen LogP contribution is 2.26. The van der Waals surface area contributed by atoms with E-state index in [4.69, 9.17) is 10.5 Å². The lowest BCUT2D eigenvalue weighted by Gasteiger charge is -2.08. The number of nitrogens with zero attached hydrogens (tertiary/aromatic N) is 1. The van der Waals surface area contributed by atoms with Crippen molar-refractivity contribution in [3.63, 3.8) is 0 Å². The number of ether oxygens (including phenoxy) is 1. The molecule has 4 heteroatoms. The normalized spacial score (nSPS) is 10.2. The summed E-state index contributed by atoms with van der Waals surface area (Å²) < 4.78 is 5.11. The molecular formula is C13H14N2O2. The van der Waals surface area contributed by atoms with Gasteiger partial charge in [-0.2, -0.15) is 0 Å². The Morgan fingerprint density at radius 2 is 2.12 bits per heavy atom. The number of rotatable bonds is 3. The van der Waals surface area contributed by atoms with Gasteiger partial charge in [0.2, 0.25) is 5.88 Å². The fourth-order valence-electron chi connectivity index (χ4n) is 1.67. The molecule has 0 fully saturated rings. The fraction of sp³-hybridized carbons (Fsp3) is 0.154. The van der Waals surface area contributed by atoms with Gasteiger partial charge in [0.25, 0.3) is 0 Å². The zero-order chi connectivity index (χ0) is 12.3. The van der Waals surface area contributed by atoms with Gasteiger partial charge in [-0.15, -0.1) is 0 Å². The Bertz CT molecular complexity index is 527. The molecule has 88 valence electrons. The Kier molecular flexibility index (Phi) is 3.25. The van der Waals surface area contributed by atoms with Crippen molar-refractivity contribution in [1.29, 1.82) is 0 Å². The van der Waals surface area contributed by atoms with Gasteiger partial charge in [-0.3, -0.25) is 0 Å². The first-order chi connectivity index (χ1) is 8.24. The number of aromatic hydroxyl groups is 1. The second-order valence-electron chi connectivity index (χ2n) is 3.65. The van der Waals surface area contributed by atoms with Crippen LogP contribution in [0, 0.1) is 0 Å². The highest BCUT2D eigenvalue weighted by atomic mass is 16.5. The smallest absolute Gasteiger partial charge is 0.217 e. The van der Waals surface area contributed by atoms with E-state index in [0.717, 1.165) is 16.7 Å². The van der Waals surface area contributed by atoms with Crippen LogP contribution in [0.5, 0.6) is 11.6 Å². The van der Waals surface area contributed by atoms with E-state index in [0.29, 0.717) is 12.4 Å². The lowest BCUT2D eigenvalue weighted by atomic mass is 10.1. The summed E-state index contributed by atoms with van der Waals surface area (Å²) in [5.74, 6) is 0.768. The van der Waals surface area contributed by atoms with Gasteiger partial charge in [-0.25, -0.2) is 4.98 Å². The minimum Gasteiger partial charge on any atom is -0.508 e. The van der Waals surface area contributed by atoms with Crippen molar-refractivity contribution in [3.8, 4) is 22.8 Å². The third kappa shape index (κ3) is 2.37. The van der Waals surface area contributed by atoms with Crippen LogP contribution in [0.2, 0.25) is 0 Å². The minimum absolute atomic E-state index is 0.229. The van der Waals surface area contributed by atoms with Crippen molar-refractivity contribution in [1.82, 2.24) is 4.98 Å². The first kappa shape index (κ1) is 11.4. The van der Waals surface area contributed by atoms with Gasteiger partial charge in [0, 0.05) is 23.9 Å². The standard InChI is InChI=1S/C13H14N2O2/c1-17-13-10(7-14)5-11(8-15-13)9-3-2-4-12(16)6-9/h2-6,8,16H,7,14H2,1H3. The van der Waals surface area contributed by atoms with E-state index in [2.05, 4.69) is 4.98 Å². The van der Waals surface area contributed by atoms with Crippen LogP contribution in [0.3, 0.4) is 0 Å². The van der Waals surface area contributed by atoms with E-state index in [1.807, 2.05) is 12.1 Å². The van der Waals surface area contributed by atoms with Crippen molar-refractivity contribution in [2.45, 2.75) is 6.54 Å². The predicted molar refractivity (Wildman–Crippen MR) is 65.8 cm³/mol. The van der Waals surface area contributed by atoms with Gasteiger partial charge in [0.1, 0.15) is 5.75 Å². The van der Waals surface area contributed by atoms with Crippen molar-refractivity contribution < 1.29 is 9.84 Å². The summed E-state index contributed by atoms with van der Waals surface area (Å²) in [6.45, 7) is 0.364. The zero-order valence-electron chi connectivity index (χ0n) is 9.55. The average molecular weight is 230 g/mol. The molecule has 4 nitrogen and oxygen atoms in total. The SMILES string of the molecule is COc1ncc(-c2cccc(O)c2)cc1CN. The molecule has 0 radical (unpaired) electrons. The summed E-state index contributed by atoms with van der Waals surface area (Å²) in [5, 5.41) is 9.43. The lowest BCUT2D eigenvalue weighted by Crippen LogP contribution is -2.01. The quantitative estimate of drug-likeness (QED) is 0.845. The Morgan fingerprint density at radius 3 is 2.76 bits per heavy atom. The summed E-state index contributed by atoms with van der Waals surface area (Å²) >= 11 is 0. The number of phenols is 1. The topological polar surface area (TPSA) is 68.4 Å². The molecule has 0 saturated heterocycles. The number of hydrogen-bond acceptors (Lipinski definition) is 4. The van der Waals surface area contributed by atoms with Gasteiger partial charge in [-0.05, 0) is 23.8 Å². The van der Waals surface area contributed by atoms with Gasteiger partial charge < -0.3 is 15.6 Å². The van der Waals surface area contributed by atoms with E-state index in [1.165, 1.54) is 0 Å². The molecule has 2 aromatic rings. The third-order valence-corrected chi connectivity index (χ3v) is 2.52. The monoisotopic (exact) mass is 230 g/mol. The number of hydrogen-bond donors (Lipinski definition) is 2. The summed E-state index contributed by atoms with van der Waals surface area (Å²) in [4.78, 5) is 4.19. The van der Waals surface area contributed by atoms with E-state index >= 15 is 0 Å². The van der Waals surface area contributed by atoms with Crippen LogP contribution in [0.15, 0.2) is 36.5 Å². The molecule has 0 aliphatic rings. The number of phenolic OH excluding ortho intramolecular Hbond substituents is 1. The molecule has 0 aliphatic carbocycles. The molecule has 0 unspecified atom stereocenters. The van der Waals surface area contributed by atoms with E-state index in [-0.39, 0.29) is 5.75 Å². The summed E-state index contributed by atoms with van der Waals surface area (Å²) in [6.07, 6.45) is 1.70. The fourth-order valence-corrected chi connectivity index (χ4v) is 1.67. The van der Waals surface area contributed by atoms with Gasteiger partial charge in [-0.1, -0.05) is 12.1 Å². The number of benzene rings is 1. The molecule has 0 spiro atoms. The molecule has 0 amide bonds. The molecule has 2 rings (SSSR count). The second-order valence-corrected chi connectivity index (χ2v) is 3.65. The molecule has 3 N–H and O–H groups in total. The van der Waals surface area contributed by atoms with Crippen molar-refractivity contribution >= 4 is 0 Å². The van der Waals surface area contributed by atoms with Crippen LogP contribution in [0.1, 0.15) is 5.56 Å². The maximum absolute atomic E-state index is 9.43. The summed E-state index contributed by atoms with van der Waals surface area (Å²) in [6, 6.07) is 8.93. The van der Waals surface area contributed by atoms with Crippen molar-refractivity contribution in [2.75, 3.05) is 7.11 Å². The van der Waals surface area contributed by atoms with Gasteiger partial charge in [0.05, 0.1) is 7.11 Å². The Labute approximate surface area is 99.7 Å². The van der Waals surface area contributed by atoms with Crippen LogP contribution >= 0.6 is 0 Å². The Balaban J connectivity index is 2.46. The molecule has 0 atom stereocenters. The van der Waals surface area contributed by atoms with Crippen molar-refractivity contribution in [2.24, 2.45) is 5.73 Å². The predicted octanol–water partition coefficient (Wildman–Crippen LogP) is 1.92. The number of methoxy groups -OCH3 is 1. The molecule has 0 bridgehead atoms. The highest BCUT2D eigenvalue weighted by Gasteiger charge is 2.06. The van der Waals surface area contributed by atoms with Crippen LogP contribution in [-0.2, 0) is 6.54 Å². The van der Waals surface area contributed by atoms with E-state index in [9.17, 15) is 5.11 Å². The first-order valence-electron chi connectivity index (χ1n) is 5.27. The summed E-state index contributed by atoms with van der Waals surface area (Å²) in [7, 11) is 1.56. The van der Waals surface area contributed by atoms with Crippen LogP contribution in [0.4, 0.5) is 0 Å². The molecule has 1 aromatic heterocycles. The molecule has 0 aliphatic heterocycles. The first-order valence-corrected chi connectivity index (χ1v) is 5.27. The van der Waals surface area contributed by atoms with Gasteiger partial charge >= 0.3 is 0 Å². The molecule has 1 aromatic carbocycles. The molecular weight excluding hydrogens is 216 g/mol. The van der Waals surface area contributed by atoms with Crippen LogP contribution in [0.25, 0.3) is 11.1 Å². The van der Waals surface area contributed by atoms with E-state index < -0.39 is 0 Å². The zero-order valence-corrected chi connectivity index (χ0v) is 9.55. The molecule has 1 heterocycles. The lowest BCUT2D eigenvalue weighted by molar-refractivity contribution is 0.393. The Hall–Kier alpha value is -2.07. The van der Waals surface area contributed by atoms with Crippen molar-refractivity contribution in [3.05, 3.63) is 42.1 Å². The second kappa shape index (κ2) is 4.84. The maximum Gasteiger partial charge on any atom is 0.217 e. The largest absolute Gasteiger partial charge is 0.508 e. The third-order valence-electron chi connectivity index (χ3n) is 2.52. The molecule has 0 saturated carbocycles. The highest BCUT2D eigenvalue weighted by molar-refractivity contribution is 5.65. The molecule has 17 heavy (non-hydrogen) atoms. The van der Waals surface area contributed by atoms with Crippen LogP contribution < -0.4 is 10.5 Å². The Morgan fingerprint density at radius 1 is 1.29 bits per heavy atom. The minimum atomic E-state index is 0.229. The number of nitrogens with two attached hydrogens (primary N) is 1. The van der Waals surface area contributed by atoms with Gasteiger partial charge in [0.15, 0.2) is 0 Å². The summed E-state index contributed by atoms with van der Waals surface area (Å²) in [5.41, 5.74) is 8.28. The van der Waals surface area contributed by atoms with Crippen LogP contribution in [-0.4, -0.2) is 17.2 Å². The van der Waals surface area contributed by atoms with E-state index in [1.54, 1.807) is 31.5 Å². The number of aromatic nitrogens is 1. The average Bonchev–Trinajstić information content (AvgIpc) is 2.38. The number of pyridine rings is 1. The maximum atomic E-state index is 9.43.